The molecule has 0 saturated carbocycles. The van der Waals surface area contributed by atoms with Crippen LogP contribution in [0.2, 0.25) is 0 Å². The maximum atomic E-state index is 5.96. The molecule has 31 heavy (non-hydrogen) atoms. The van der Waals surface area contributed by atoms with Gasteiger partial charge in [0, 0.05) is 51.4 Å². The lowest BCUT2D eigenvalue weighted by atomic mass is 10.1. The minimum Gasteiger partial charge on any atom is -0.378 e. The number of anilines is 1. The maximum absolute atomic E-state index is 5.96. The average Bonchev–Trinajstić information content (AvgIpc) is 3.30. The second-order valence-corrected chi connectivity index (χ2v) is 8.27. The summed E-state index contributed by atoms with van der Waals surface area (Å²) < 4.78 is 11.4. The Kier molecular flexibility index (Phi) is 7.80. The summed E-state index contributed by atoms with van der Waals surface area (Å²) in [5.74, 6) is 1.53. The van der Waals surface area contributed by atoms with Crippen molar-refractivity contribution < 1.29 is 9.47 Å². The normalized spacial score (nSPS) is 19.6. The minimum absolute atomic E-state index is 0.551. The summed E-state index contributed by atoms with van der Waals surface area (Å²) in [7, 11) is 1.86. The molecule has 6 nitrogen and oxygen atoms in total. The predicted molar refractivity (Wildman–Crippen MR) is 125 cm³/mol. The molecular weight excluding hydrogens is 388 g/mol. The Morgan fingerprint density at radius 3 is 2.55 bits per heavy atom. The van der Waals surface area contributed by atoms with Crippen molar-refractivity contribution in [3.8, 4) is 0 Å². The molecule has 2 aliphatic rings. The molecule has 0 bridgehead atoms. The topological polar surface area (TPSA) is 49.3 Å². The molecule has 4 rings (SSSR count). The van der Waals surface area contributed by atoms with Gasteiger partial charge in [0.25, 0.3) is 0 Å². The molecular formula is C25H34N4O2. The lowest BCUT2D eigenvalue weighted by molar-refractivity contribution is 0.0906. The number of nitrogens with one attached hydrogen (secondary N) is 1. The number of ether oxygens (including phenoxy) is 2. The van der Waals surface area contributed by atoms with E-state index >= 15 is 0 Å². The summed E-state index contributed by atoms with van der Waals surface area (Å²) in [5.41, 5.74) is 3.77. The molecule has 1 unspecified atom stereocenters. The minimum atomic E-state index is 0.551. The van der Waals surface area contributed by atoms with Gasteiger partial charge in [-0.25, -0.2) is 0 Å². The van der Waals surface area contributed by atoms with Gasteiger partial charge >= 0.3 is 0 Å². The van der Waals surface area contributed by atoms with Gasteiger partial charge in [-0.05, 0) is 29.7 Å². The van der Waals surface area contributed by atoms with Crippen molar-refractivity contribution in [1.82, 2.24) is 10.2 Å². The number of aliphatic imine (C=N–C) groups is 1. The quantitative estimate of drug-likeness (QED) is 0.549. The monoisotopic (exact) mass is 422 g/mol. The Balaban J connectivity index is 1.20. The fraction of sp³-hybridized carbons (Fsp3) is 0.480. The van der Waals surface area contributed by atoms with Gasteiger partial charge in [-0.2, -0.15) is 0 Å². The zero-order valence-electron chi connectivity index (χ0n) is 18.5. The van der Waals surface area contributed by atoms with E-state index in [2.05, 4.69) is 68.6 Å². The first-order chi connectivity index (χ1) is 15.3. The van der Waals surface area contributed by atoms with Crippen LogP contribution in [0.4, 0.5) is 5.69 Å². The zero-order chi connectivity index (χ0) is 21.3. The van der Waals surface area contributed by atoms with Crippen LogP contribution in [0.1, 0.15) is 17.5 Å². The zero-order valence-corrected chi connectivity index (χ0v) is 18.5. The smallest absolute Gasteiger partial charge is 0.193 e. The lowest BCUT2D eigenvalue weighted by Crippen LogP contribution is -2.39. The number of rotatable bonds is 7. The van der Waals surface area contributed by atoms with Gasteiger partial charge in [0.1, 0.15) is 0 Å². The Morgan fingerprint density at radius 1 is 1.03 bits per heavy atom. The number of hydrogen-bond acceptors (Lipinski definition) is 4. The molecule has 2 fully saturated rings. The number of likely N-dealkylation sites (tertiary alicyclic amines) is 1. The van der Waals surface area contributed by atoms with Crippen LogP contribution in [0.5, 0.6) is 0 Å². The van der Waals surface area contributed by atoms with Gasteiger partial charge in [-0.1, -0.05) is 42.5 Å². The van der Waals surface area contributed by atoms with E-state index in [1.54, 1.807) is 0 Å². The Bertz CT molecular complexity index is 819. The van der Waals surface area contributed by atoms with Crippen molar-refractivity contribution in [2.24, 2.45) is 10.9 Å². The van der Waals surface area contributed by atoms with Crippen LogP contribution in [0.25, 0.3) is 0 Å². The average molecular weight is 423 g/mol. The molecule has 2 heterocycles. The second-order valence-electron chi connectivity index (χ2n) is 8.27. The first-order valence-corrected chi connectivity index (χ1v) is 11.3. The highest BCUT2D eigenvalue weighted by atomic mass is 16.5. The fourth-order valence-electron chi connectivity index (χ4n) is 4.24. The van der Waals surface area contributed by atoms with Gasteiger partial charge in [0.2, 0.25) is 0 Å². The first kappa shape index (κ1) is 21.7. The van der Waals surface area contributed by atoms with E-state index in [4.69, 9.17) is 9.47 Å². The van der Waals surface area contributed by atoms with Gasteiger partial charge < -0.3 is 24.6 Å². The summed E-state index contributed by atoms with van der Waals surface area (Å²) in [6, 6.07) is 19.2. The number of hydrogen-bond donors (Lipinski definition) is 1. The van der Waals surface area contributed by atoms with Crippen LogP contribution in [-0.2, 0) is 22.6 Å². The maximum Gasteiger partial charge on any atom is 0.193 e. The molecule has 2 aromatic carbocycles. The van der Waals surface area contributed by atoms with E-state index < -0.39 is 0 Å². The first-order valence-electron chi connectivity index (χ1n) is 11.3. The molecule has 2 aromatic rings. The highest BCUT2D eigenvalue weighted by Gasteiger charge is 2.25. The summed E-state index contributed by atoms with van der Waals surface area (Å²) >= 11 is 0. The van der Waals surface area contributed by atoms with E-state index in [1.165, 1.54) is 16.8 Å². The Hall–Kier alpha value is -2.57. The molecule has 0 aliphatic carbocycles. The number of benzene rings is 2. The highest BCUT2D eigenvalue weighted by Crippen LogP contribution is 2.19. The Morgan fingerprint density at radius 2 is 1.81 bits per heavy atom. The predicted octanol–water partition coefficient (Wildman–Crippen LogP) is 3.14. The molecule has 166 valence electrons. The number of guanidine groups is 1. The summed E-state index contributed by atoms with van der Waals surface area (Å²) in [4.78, 5) is 9.23. The SMILES string of the molecule is CN=C(NCc1ccc(N2CCOCC2)cc1)N1CCC(COCc2ccccc2)C1. The Labute approximate surface area is 185 Å². The highest BCUT2D eigenvalue weighted by molar-refractivity contribution is 5.80. The van der Waals surface area contributed by atoms with E-state index in [-0.39, 0.29) is 0 Å². The van der Waals surface area contributed by atoms with Crippen molar-refractivity contribution >= 4 is 11.6 Å². The van der Waals surface area contributed by atoms with E-state index in [9.17, 15) is 0 Å². The third-order valence-corrected chi connectivity index (χ3v) is 6.03. The molecule has 2 aliphatic heterocycles. The van der Waals surface area contributed by atoms with Gasteiger partial charge in [0.15, 0.2) is 5.96 Å². The summed E-state index contributed by atoms with van der Waals surface area (Å²) in [5, 5.41) is 3.53. The van der Waals surface area contributed by atoms with Crippen LogP contribution in [-0.4, -0.2) is 63.9 Å². The summed E-state index contributed by atoms with van der Waals surface area (Å²) in [6.07, 6.45) is 1.14. The third-order valence-electron chi connectivity index (χ3n) is 6.03. The number of morpholine rings is 1. The van der Waals surface area contributed by atoms with Crippen LogP contribution >= 0.6 is 0 Å². The van der Waals surface area contributed by atoms with Gasteiger partial charge in [-0.15, -0.1) is 0 Å². The van der Waals surface area contributed by atoms with E-state index in [1.807, 2.05) is 13.1 Å². The van der Waals surface area contributed by atoms with Crippen molar-refractivity contribution in [1.29, 1.82) is 0 Å². The van der Waals surface area contributed by atoms with E-state index in [0.29, 0.717) is 12.5 Å². The summed E-state index contributed by atoms with van der Waals surface area (Å²) in [6.45, 7) is 7.84. The molecule has 0 amide bonds. The largest absolute Gasteiger partial charge is 0.378 e. The molecule has 6 heteroatoms. The van der Waals surface area contributed by atoms with Crippen molar-refractivity contribution in [3.63, 3.8) is 0 Å². The lowest BCUT2D eigenvalue weighted by Gasteiger charge is -2.29. The van der Waals surface area contributed by atoms with Crippen LogP contribution < -0.4 is 10.2 Å². The molecule has 1 N–H and O–H groups in total. The van der Waals surface area contributed by atoms with Gasteiger partial charge in [0.05, 0.1) is 26.4 Å². The van der Waals surface area contributed by atoms with E-state index in [0.717, 1.165) is 64.9 Å². The van der Waals surface area contributed by atoms with Crippen LogP contribution in [0.3, 0.4) is 0 Å². The number of nitrogens with zero attached hydrogens (tertiary/aromatic N) is 3. The van der Waals surface area contributed by atoms with Crippen LogP contribution in [0.15, 0.2) is 59.6 Å². The second kappa shape index (κ2) is 11.2. The van der Waals surface area contributed by atoms with Crippen molar-refractivity contribution in [2.75, 3.05) is 57.9 Å². The van der Waals surface area contributed by atoms with Crippen molar-refractivity contribution in [2.45, 2.75) is 19.6 Å². The van der Waals surface area contributed by atoms with Crippen LogP contribution in [0, 0.1) is 5.92 Å². The molecule has 2 saturated heterocycles. The molecule has 0 radical (unpaired) electrons. The standard InChI is InChI=1S/C25H34N4O2/c1-26-25(27-17-21-7-9-24(10-8-21)28-13-15-30-16-14-28)29-12-11-23(18-29)20-31-19-22-5-3-2-4-6-22/h2-10,23H,11-20H2,1H3,(H,26,27). The fourth-order valence-corrected chi connectivity index (χ4v) is 4.24. The molecule has 1 atom stereocenters. The molecule has 0 spiro atoms. The van der Waals surface area contributed by atoms with Gasteiger partial charge in [-0.3, -0.25) is 4.99 Å². The third kappa shape index (κ3) is 6.21. The molecule has 0 aromatic heterocycles. The van der Waals surface area contributed by atoms with Crippen molar-refractivity contribution in [3.05, 3.63) is 65.7 Å².